The number of rotatable bonds is 4. The number of aliphatic carboxylic acids is 1. The highest BCUT2D eigenvalue weighted by molar-refractivity contribution is 5.75. The Morgan fingerprint density at radius 2 is 2.08 bits per heavy atom. The van der Waals surface area contributed by atoms with Crippen LogP contribution in [-0.4, -0.2) is 40.9 Å². The average molecular weight is 177 g/mol. The molecule has 12 heavy (non-hydrogen) atoms. The first-order valence-corrected chi connectivity index (χ1v) is 3.27. The zero-order valence-corrected chi connectivity index (χ0v) is 6.56. The lowest BCUT2D eigenvalue weighted by Gasteiger charge is -2.15. The van der Waals surface area contributed by atoms with E-state index in [9.17, 15) is 9.59 Å². The second-order valence-electron chi connectivity index (χ2n) is 2.22. The van der Waals surface area contributed by atoms with Gasteiger partial charge in [0, 0.05) is 0 Å². The molecular formula is C6H11NO5. The van der Waals surface area contributed by atoms with Gasteiger partial charge in [-0.3, -0.25) is 4.79 Å². The molecule has 4 N–H and O–H groups in total. The number of carboxylic acids is 1. The van der Waals surface area contributed by atoms with Crippen LogP contribution in [-0.2, 0) is 14.3 Å². The fourth-order valence-corrected chi connectivity index (χ4v) is 0.519. The van der Waals surface area contributed by atoms with Gasteiger partial charge >= 0.3 is 11.9 Å². The van der Waals surface area contributed by atoms with Crippen molar-refractivity contribution in [1.82, 2.24) is 0 Å². The van der Waals surface area contributed by atoms with Crippen LogP contribution in [0.2, 0.25) is 0 Å². The van der Waals surface area contributed by atoms with E-state index < -0.39 is 30.7 Å². The molecule has 0 amide bonds. The topological polar surface area (TPSA) is 110 Å². The summed E-state index contributed by atoms with van der Waals surface area (Å²) in [6, 6.07) is -1.26. The van der Waals surface area contributed by atoms with Crippen molar-refractivity contribution in [2.75, 3.05) is 6.61 Å². The molecule has 0 aromatic carbocycles. The molecule has 0 aromatic rings. The van der Waals surface area contributed by atoms with Crippen molar-refractivity contribution < 1.29 is 24.5 Å². The molecule has 2 atom stereocenters. The highest BCUT2D eigenvalue weighted by Crippen LogP contribution is 1.96. The lowest BCUT2D eigenvalue weighted by molar-refractivity contribution is -0.156. The molecule has 0 fully saturated rings. The molecule has 0 radical (unpaired) electrons. The molecule has 0 aromatic heterocycles. The standard InChI is InChI=1S/C6H11NO5/c1-3(5(7)6(10)11)12-4(9)2-8/h3,5,8H,2,7H2,1H3,(H,10,11)/t3-,5+/m1/s1. The molecule has 0 unspecified atom stereocenters. The summed E-state index contributed by atoms with van der Waals surface area (Å²) in [6.07, 6.45) is -0.942. The second-order valence-corrected chi connectivity index (χ2v) is 2.22. The number of carbonyl (C=O) groups excluding carboxylic acids is 1. The van der Waals surface area contributed by atoms with Crippen molar-refractivity contribution in [3.05, 3.63) is 0 Å². The van der Waals surface area contributed by atoms with E-state index in [1.165, 1.54) is 6.92 Å². The fourth-order valence-electron chi connectivity index (χ4n) is 0.519. The Hall–Kier alpha value is -1.14. The SMILES string of the molecule is C[C@@H](OC(=O)CO)[C@H](N)C(=O)O. The van der Waals surface area contributed by atoms with Crippen LogP contribution in [0.4, 0.5) is 0 Å². The van der Waals surface area contributed by atoms with Crippen molar-refractivity contribution in [1.29, 1.82) is 0 Å². The Bertz CT molecular complexity index is 181. The van der Waals surface area contributed by atoms with Gasteiger partial charge in [0.15, 0.2) is 0 Å². The van der Waals surface area contributed by atoms with Crippen molar-refractivity contribution >= 4 is 11.9 Å². The van der Waals surface area contributed by atoms with Gasteiger partial charge in [-0.25, -0.2) is 4.79 Å². The highest BCUT2D eigenvalue weighted by Gasteiger charge is 2.22. The first-order chi connectivity index (χ1) is 5.49. The van der Waals surface area contributed by atoms with E-state index in [1.54, 1.807) is 0 Å². The quantitative estimate of drug-likeness (QED) is 0.442. The predicted molar refractivity (Wildman–Crippen MR) is 38.3 cm³/mol. The second kappa shape index (κ2) is 4.68. The Balaban J connectivity index is 3.94. The summed E-state index contributed by atoms with van der Waals surface area (Å²) in [4.78, 5) is 20.7. The average Bonchev–Trinajstić information content (AvgIpc) is 2.02. The van der Waals surface area contributed by atoms with Gasteiger partial charge < -0.3 is 20.7 Å². The molecule has 0 saturated carbocycles. The molecule has 6 heteroatoms. The van der Waals surface area contributed by atoms with Crippen LogP contribution in [0, 0.1) is 0 Å². The molecule has 0 spiro atoms. The van der Waals surface area contributed by atoms with E-state index in [4.69, 9.17) is 15.9 Å². The summed E-state index contributed by atoms with van der Waals surface area (Å²) in [7, 11) is 0. The van der Waals surface area contributed by atoms with E-state index in [2.05, 4.69) is 4.74 Å². The maximum atomic E-state index is 10.4. The highest BCUT2D eigenvalue weighted by atomic mass is 16.6. The van der Waals surface area contributed by atoms with Crippen molar-refractivity contribution in [2.45, 2.75) is 19.1 Å². The lowest BCUT2D eigenvalue weighted by Crippen LogP contribution is -2.42. The number of nitrogens with two attached hydrogens (primary N) is 1. The molecule has 0 bridgehead atoms. The number of esters is 1. The summed E-state index contributed by atoms with van der Waals surface area (Å²) >= 11 is 0. The normalized spacial score (nSPS) is 14.9. The smallest absolute Gasteiger partial charge is 0.332 e. The summed E-state index contributed by atoms with van der Waals surface area (Å²) < 4.78 is 4.43. The van der Waals surface area contributed by atoms with E-state index in [-0.39, 0.29) is 0 Å². The molecule has 0 aliphatic heterocycles. The van der Waals surface area contributed by atoms with Gasteiger partial charge in [0.1, 0.15) is 18.8 Å². The van der Waals surface area contributed by atoms with Crippen LogP contribution in [0.1, 0.15) is 6.92 Å². The number of ether oxygens (including phenoxy) is 1. The Morgan fingerprint density at radius 3 is 2.42 bits per heavy atom. The van der Waals surface area contributed by atoms with Crippen LogP contribution < -0.4 is 5.73 Å². The van der Waals surface area contributed by atoms with E-state index in [0.717, 1.165) is 0 Å². The minimum atomic E-state index is -1.26. The van der Waals surface area contributed by atoms with Gasteiger partial charge in [0.25, 0.3) is 0 Å². The molecule has 0 aliphatic rings. The third-order valence-electron chi connectivity index (χ3n) is 1.24. The minimum Gasteiger partial charge on any atom is -0.480 e. The van der Waals surface area contributed by atoms with E-state index >= 15 is 0 Å². The largest absolute Gasteiger partial charge is 0.480 e. The minimum absolute atomic E-state index is 0.781. The summed E-state index contributed by atoms with van der Waals surface area (Å²) in [6.45, 7) is 0.559. The summed E-state index contributed by atoms with van der Waals surface area (Å²) in [5.74, 6) is -2.15. The van der Waals surface area contributed by atoms with Crippen molar-refractivity contribution in [2.24, 2.45) is 5.73 Å². The van der Waals surface area contributed by atoms with Crippen LogP contribution in [0.5, 0.6) is 0 Å². The zero-order valence-electron chi connectivity index (χ0n) is 6.56. The van der Waals surface area contributed by atoms with Gasteiger partial charge in [-0.15, -0.1) is 0 Å². The maximum absolute atomic E-state index is 10.4. The Kier molecular flexibility index (Phi) is 4.24. The first-order valence-electron chi connectivity index (χ1n) is 3.27. The molecule has 0 heterocycles. The third kappa shape index (κ3) is 3.31. The number of aliphatic hydroxyl groups excluding tert-OH is 1. The van der Waals surface area contributed by atoms with Crippen molar-refractivity contribution in [3.8, 4) is 0 Å². The molecular weight excluding hydrogens is 166 g/mol. The van der Waals surface area contributed by atoms with Gasteiger partial charge in [-0.1, -0.05) is 0 Å². The fraction of sp³-hybridized carbons (Fsp3) is 0.667. The molecule has 0 saturated heterocycles. The number of hydrogen-bond donors (Lipinski definition) is 3. The summed E-state index contributed by atoms with van der Waals surface area (Å²) in [5.41, 5.74) is 5.10. The van der Waals surface area contributed by atoms with Gasteiger partial charge in [0.2, 0.25) is 0 Å². The van der Waals surface area contributed by atoms with Crippen LogP contribution >= 0.6 is 0 Å². The Labute approximate surface area is 68.9 Å². The molecule has 0 aliphatic carbocycles. The number of carboxylic acid groups (broad SMARTS) is 1. The number of hydrogen-bond acceptors (Lipinski definition) is 5. The zero-order chi connectivity index (χ0) is 9.72. The Morgan fingerprint density at radius 1 is 1.58 bits per heavy atom. The first kappa shape index (κ1) is 10.9. The molecule has 0 rings (SSSR count). The maximum Gasteiger partial charge on any atom is 0.332 e. The van der Waals surface area contributed by atoms with Crippen LogP contribution in [0.15, 0.2) is 0 Å². The predicted octanol–water partition coefficient (Wildman–Crippen LogP) is -1.68. The lowest BCUT2D eigenvalue weighted by atomic mass is 10.2. The monoisotopic (exact) mass is 177 g/mol. The molecule has 70 valence electrons. The number of aliphatic hydroxyl groups is 1. The summed E-state index contributed by atoms with van der Waals surface area (Å²) in [5, 5.41) is 16.6. The number of carbonyl (C=O) groups is 2. The van der Waals surface area contributed by atoms with Gasteiger partial charge in [-0.05, 0) is 6.92 Å². The van der Waals surface area contributed by atoms with Gasteiger partial charge in [-0.2, -0.15) is 0 Å². The van der Waals surface area contributed by atoms with Crippen molar-refractivity contribution in [3.63, 3.8) is 0 Å². The van der Waals surface area contributed by atoms with E-state index in [1.807, 2.05) is 0 Å². The van der Waals surface area contributed by atoms with Crippen LogP contribution in [0.25, 0.3) is 0 Å². The molecule has 6 nitrogen and oxygen atoms in total. The van der Waals surface area contributed by atoms with Crippen LogP contribution in [0.3, 0.4) is 0 Å². The van der Waals surface area contributed by atoms with Gasteiger partial charge in [0.05, 0.1) is 0 Å². The van der Waals surface area contributed by atoms with E-state index in [0.29, 0.717) is 0 Å². The third-order valence-corrected chi connectivity index (χ3v) is 1.24.